The van der Waals surface area contributed by atoms with Gasteiger partial charge in [-0.15, -0.1) is 12.4 Å². The van der Waals surface area contributed by atoms with Gasteiger partial charge in [0.05, 0.1) is 6.54 Å². The van der Waals surface area contributed by atoms with Crippen molar-refractivity contribution < 1.29 is 9.59 Å². The summed E-state index contributed by atoms with van der Waals surface area (Å²) in [4.78, 5) is 26.1. The molecule has 1 heterocycles. The van der Waals surface area contributed by atoms with E-state index in [2.05, 4.69) is 15.5 Å². The minimum atomic E-state index is -0.0438. The van der Waals surface area contributed by atoms with Crippen LogP contribution in [0.5, 0.6) is 0 Å². The molecule has 140 valence electrons. The number of piperidine rings is 1. The molecule has 1 aromatic carbocycles. The average molecular weight is 369 g/mol. The van der Waals surface area contributed by atoms with E-state index in [9.17, 15) is 9.59 Å². The molecule has 25 heavy (non-hydrogen) atoms. The van der Waals surface area contributed by atoms with Gasteiger partial charge in [-0.2, -0.15) is 0 Å². The summed E-state index contributed by atoms with van der Waals surface area (Å²) in [5.74, 6) is 0.0389. The summed E-state index contributed by atoms with van der Waals surface area (Å²) in [5, 5.41) is 5.98. The fourth-order valence-corrected chi connectivity index (χ4v) is 2.82. The molecule has 0 spiro atoms. The summed E-state index contributed by atoms with van der Waals surface area (Å²) in [6, 6.07) is 7.55. The number of rotatable bonds is 7. The minimum absolute atomic E-state index is 0. The molecule has 4 N–H and O–H groups in total. The fourth-order valence-electron chi connectivity index (χ4n) is 2.82. The van der Waals surface area contributed by atoms with Crippen LogP contribution in [0.2, 0.25) is 0 Å². The van der Waals surface area contributed by atoms with E-state index in [1.807, 2.05) is 31.2 Å². The van der Waals surface area contributed by atoms with Crippen molar-refractivity contribution in [1.82, 2.24) is 15.5 Å². The lowest BCUT2D eigenvalue weighted by Gasteiger charge is -2.31. The quantitative estimate of drug-likeness (QED) is 0.676. The van der Waals surface area contributed by atoms with Crippen LogP contribution in [0.1, 0.15) is 42.1 Å². The van der Waals surface area contributed by atoms with Crippen molar-refractivity contribution in [3.8, 4) is 0 Å². The van der Waals surface area contributed by atoms with Gasteiger partial charge in [0.1, 0.15) is 0 Å². The van der Waals surface area contributed by atoms with Crippen LogP contribution < -0.4 is 16.4 Å². The largest absolute Gasteiger partial charge is 0.355 e. The molecule has 2 rings (SSSR count). The van der Waals surface area contributed by atoms with Crippen molar-refractivity contribution in [1.29, 1.82) is 0 Å². The van der Waals surface area contributed by atoms with Gasteiger partial charge in [-0.3, -0.25) is 14.5 Å². The van der Waals surface area contributed by atoms with Crippen LogP contribution in [0.15, 0.2) is 24.3 Å². The van der Waals surface area contributed by atoms with Gasteiger partial charge < -0.3 is 16.4 Å². The molecule has 7 heteroatoms. The zero-order valence-electron chi connectivity index (χ0n) is 14.8. The van der Waals surface area contributed by atoms with Crippen LogP contribution in [-0.2, 0) is 11.3 Å². The third-order valence-corrected chi connectivity index (χ3v) is 4.31. The van der Waals surface area contributed by atoms with Gasteiger partial charge in [0.2, 0.25) is 5.91 Å². The Bertz CT molecular complexity index is 543. The van der Waals surface area contributed by atoms with E-state index in [-0.39, 0.29) is 30.3 Å². The predicted molar refractivity (Wildman–Crippen MR) is 102 cm³/mol. The van der Waals surface area contributed by atoms with Gasteiger partial charge >= 0.3 is 0 Å². The van der Waals surface area contributed by atoms with E-state index in [1.165, 1.54) is 0 Å². The van der Waals surface area contributed by atoms with Gasteiger partial charge in [0.25, 0.3) is 5.91 Å². The number of benzene rings is 1. The second-order valence-electron chi connectivity index (χ2n) is 6.27. The molecular formula is C18H29ClN4O2. The van der Waals surface area contributed by atoms with Crippen molar-refractivity contribution in [3.63, 3.8) is 0 Å². The Kier molecular flexibility index (Phi) is 9.49. The maximum atomic E-state index is 12.3. The number of carbonyl (C=O) groups excluding carboxylic acids is 2. The lowest BCUT2D eigenvalue weighted by Crippen LogP contribution is -2.47. The molecule has 0 aliphatic carbocycles. The minimum Gasteiger partial charge on any atom is -0.355 e. The monoisotopic (exact) mass is 368 g/mol. The average Bonchev–Trinajstić information content (AvgIpc) is 2.61. The first-order valence-corrected chi connectivity index (χ1v) is 8.71. The van der Waals surface area contributed by atoms with Crippen molar-refractivity contribution in [2.75, 3.05) is 26.2 Å². The molecule has 0 atom stereocenters. The highest BCUT2D eigenvalue weighted by molar-refractivity contribution is 5.94. The van der Waals surface area contributed by atoms with Gasteiger partial charge in [-0.1, -0.05) is 19.1 Å². The second kappa shape index (κ2) is 11.1. The molecule has 6 nitrogen and oxygen atoms in total. The first-order valence-electron chi connectivity index (χ1n) is 8.71. The highest BCUT2D eigenvalue weighted by atomic mass is 35.5. The van der Waals surface area contributed by atoms with Crippen LogP contribution in [0.4, 0.5) is 0 Å². The zero-order chi connectivity index (χ0) is 17.4. The number of hydrogen-bond donors (Lipinski definition) is 3. The van der Waals surface area contributed by atoms with Crippen molar-refractivity contribution >= 4 is 24.2 Å². The Labute approximate surface area is 155 Å². The van der Waals surface area contributed by atoms with E-state index in [0.717, 1.165) is 44.5 Å². The topological polar surface area (TPSA) is 87.5 Å². The number of amides is 2. The number of nitrogens with zero attached hydrogens (tertiary/aromatic N) is 1. The molecule has 0 bridgehead atoms. The molecular weight excluding hydrogens is 340 g/mol. The lowest BCUT2D eigenvalue weighted by molar-refractivity contribution is -0.122. The number of likely N-dealkylation sites (tertiary alicyclic amines) is 1. The van der Waals surface area contributed by atoms with Gasteiger partial charge in [-0.05, 0) is 37.0 Å². The van der Waals surface area contributed by atoms with E-state index in [1.54, 1.807) is 0 Å². The molecule has 1 aliphatic rings. The molecule has 1 fully saturated rings. The summed E-state index contributed by atoms with van der Waals surface area (Å²) < 4.78 is 0. The van der Waals surface area contributed by atoms with Crippen LogP contribution in [0.25, 0.3) is 0 Å². The molecule has 1 aliphatic heterocycles. The molecule has 1 saturated heterocycles. The first kappa shape index (κ1) is 21.4. The molecule has 0 saturated carbocycles. The highest BCUT2D eigenvalue weighted by Gasteiger charge is 2.22. The Balaban J connectivity index is 0.00000312. The maximum absolute atomic E-state index is 12.3. The van der Waals surface area contributed by atoms with E-state index < -0.39 is 0 Å². The van der Waals surface area contributed by atoms with Crippen LogP contribution in [0.3, 0.4) is 0 Å². The first-order chi connectivity index (χ1) is 11.6. The number of carbonyl (C=O) groups is 2. The number of halogens is 1. The third kappa shape index (κ3) is 7.02. The van der Waals surface area contributed by atoms with Crippen LogP contribution in [0, 0.1) is 0 Å². The van der Waals surface area contributed by atoms with Gasteiger partial charge in [0, 0.05) is 37.8 Å². The summed E-state index contributed by atoms with van der Waals surface area (Å²) >= 11 is 0. The standard InChI is InChI=1S/C18H28N4O2.ClH/c1-2-9-20-17(23)13-22-10-7-16(8-11-22)21-18(24)15-5-3-14(12-19)4-6-15;/h3-6,16H,2,7-13,19H2,1H3,(H,20,23)(H,21,24);1H. The van der Waals surface area contributed by atoms with E-state index in [4.69, 9.17) is 5.73 Å². The number of hydrogen-bond acceptors (Lipinski definition) is 4. The maximum Gasteiger partial charge on any atom is 0.251 e. The number of nitrogens with two attached hydrogens (primary N) is 1. The Morgan fingerprint density at radius 3 is 2.40 bits per heavy atom. The zero-order valence-corrected chi connectivity index (χ0v) is 15.6. The van der Waals surface area contributed by atoms with Gasteiger partial charge in [-0.25, -0.2) is 0 Å². The summed E-state index contributed by atoms with van der Waals surface area (Å²) in [6.07, 6.45) is 2.69. The predicted octanol–water partition coefficient (Wildman–Crippen LogP) is 1.29. The summed E-state index contributed by atoms with van der Waals surface area (Å²) in [7, 11) is 0. The van der Waals surface area contributed by atoms with Crippen molar-refractivity contribution in [2.45, 2.75) is 38.8 Å². The van der Waals surface area contributed by atoms with Crippen LogP contribution in [-0.4, -0.2) is 48.9 Å². The summed E-state index contributed by atoms with van der Waals surface area (Å²) in [6.45, 7) is 5.35. The molecule has 0 radical (unpaired) electrons. The molecule has 0 unspecified atom stereocenters. The van der Waals surface area contributed by atoms with E-state index >= 15 is 0 Å². The van der Waals surface area contributed by atoms with Crippen molar-refractivity contribution in [3.05, 3.63) is 35.4 Å². The Morgan fingerprint density at radius 2 is 1.84 bits per heavy atom. The second-order valence-corrected chi connectivity index (χ2v) is 6.27. The van der Waals surface area contributed by atoms with Crippen LogP contribution >= 0.6 is 12.4 Å². The highest BCUT2D eigenvalue weighted by Crippen LogP contribution is 2.11. The third-order valence-electron chi connectivity index (χ3n) is 4.31. The number of nitrogens with one attached hydrogen (secondary N) is 2. The molecule has 2 amide bonds. The summed E-state index contributed by atoms with van der Waals surface area (Å²) in [5.41, 5.74) is 7.24. The Morgan fingerprint density at radius 1 is 1.20 bits per heavy atom. The van der Waals surface area contributed by atoms with Crippen molar-refractivity contribution in [2.24, 2.45) is 5.73 Å². The smallest absolute Gasteiger partial charge is 0.251 e. The normalized spacial score (nSPS) is 15.3. The SMILES string of the molecule is CCCNC(=O)CN1CCC(NC(=O)c2ccc(CN)cc2)CC1.Cl. The van der Waals surface area contributed by atoms with E-state index in [0.29, 0.717) is 18.7 Å². The fraction of sp³-hybridized carbons (Fsp3) is 0.556. The molecule has 0 aromatic heterocycles. The molecule has 1 aromatic rings. The van der Waals surface area contributed by atoms with Gasteiger partial charge in [0.15, 0.2) is 0 Å². The Hall–Kier alpha value is -1.63. The lowest BCUT2D eigenvalue weighted by atomic mass is 10.0.